The number of carbonyl (C=O) groups is 2. The highest BCUT2D eigenvalue weighted by atomic mass is 19.4. The number of nitrogens with zero attached hydrogens (tertiary/aromatic N) is 2. The first-order valence-electron chi connectivity index (χ1n) is 9.77. The number of hydrogen-bond donors (Lipinski definition) is 3. The second-order valence-electron chi connectivity index (χ2n) is 6.90. The first-order valence-corrected chi connectivity index (χ1v) is 9.77. The maximum atomic E-state index is 12.9. The van der Waals surface area contributed by atoms with E-state index in [9.17, 15) is 22.8 Å². The number of anilines is 1. The number of H-pyrrole nitrogens is 1. The highest BCUT2D eigenvalue weighted by molar-refractivity contribution is 6.05. The van der Waals surface area contributed by atoms with E-state index in [1.807, 2.05) is 7.05 Å². The van der Waals surface area contributed by atoms with Crippen LogP contribution in [0.3, 0.4) is 0 Å². The number of ether oxygens (including phenoxy) is 1. The van der Waals surface area contributed by atoms with Crippen molar-refractivity contribution in [3.05, 3.63) is 54.1 Å². The average molecular weight is 459 g/mol. The van der Waals surface area contributed by atoms with E-state index in [0.717, 1.165) is 0 Å². The first kappa shape index (κ1) is 23.5. The molecule has 0 bridgehead atoms. The number of carbonyl (C=O) groups excluding carboxylic acids is 2. The van der Waals surface area contributed by atoms with Crippen molar-refractivity contribution in [3.63, 3.8) is 0 Å². The van der Waals surface area contributed by atoms with Crippen LogP contribution in [0, 0.1) is 11.8 Å². The summed E-state index contributed by atoms with van der Waals surface area (Å²) in [5.74, 6) is 4.84. The van der Waals surface area contributed by atoms with Gasteiger partial charge in [0.1, 0.15) is 17.3 Å². The summed E-state index contributed by atoms with van der Waals surface area (Å²) < 4.78 is 46.1. The Morgan fingerprint density at radius 1 is 1.33 bits per heavy atom. The topological polar surface area (TPSA) is 101 Å². The van der Waals surface area contributed by atoms with Gasteiger partial charge in [0.2, 0.25) is 6.41 Å². The van der Waals surface area contributed by atoms with Gasteiger partial charge in [0, 0.05) is 43.0 Å². The minimum Gasteiger partial charge on any atom is -0.491 e. The number of amides is 2. The third-order valence-corrected chi connectivity index (χ3v) is 4.34. The highest BCUT2D eigenvalue weighted by Gasteiger charge is 2.33. The molecule has 172 valence electrons. The smallest absolute Gasteiger partial charge is 0.432 e. The molecule has 8 nitrogen and oxygen atoms in total. The summed E-state index contributed by atoms with van der Waals surface area (Å²) in [5, 5.41) is 5.11. The van der Waals surface area contributed by atoms with Crippen LogP contribution in [-0.2, 0) is 22.8 Å². The van der Waals surface area contributed by atoms with Crippen LogP contribution >= 0.6 is 0 Å². The predicted molar refractivity (Wildman–Crippen MR) is 114 cm³/mol. The molecule has 3 rings (SSSR count). The quantitative estimate of drug-likeness (QED) is 0.274. The summed E-state index contributed by atoms with van der Waals surface area (Å²) >= 11 is 0. The Hall–Kier alpha value is -4.20. The van der Waals surface area contributed by atoms with Crippen LogP contribution in [0.5, 0.6) is 5.75 Å². The van der Waals surface area contributed by atoms with Gasteiger partial charge < -0.3 is 24.9 Å². The number of halogens is 3. The number of rotatable bonds is 8. The molecule has 0 spiro atoms. The molecular weight excluding hydrogens is 439 g/mol. The number of hydrogen-bond acceptors (Lipinski definition) is 4. The number of aromatic nitrogens is 3. The number of aromatic amines is 1. The van der Waals surface area contributed by atoms with Crippen molar-refractivity contribution in [1.29, 1.82) is 0 Å². The van der Waals surface area contributed by atoms with E-state index in [4.69, 9.17) is 4.74 Å². The average Bonchev–Trinajstić information content (AvgIpc) is 3.42. The van der Waals surface area contributed by atoms with Gasteiger partial charge in [-0.2, -0.15) is 13.2 Å². The summed E-state index contributed by atoms with van der Waals surface area (Å²) in [4.78, 5) is 28.7. The van der Waals surface area contributed by atoms with Crippen molar-refractivity contribution in [2.45, 2.75) is 12.6 Å². The van der Waals surface area contributed by atoms with Gasteiger partial charge in [-0.05, 0) is 30.7 Å². The van der Waals surface area contributed by atoms with Crippen LogP contribution in [0.25, 0.3) is 11.4 Å². The van der Waals surface area contributed by atoms with E-state index in [1.54, 1.807) is 23.0 Å². The van der Waals surface area contributed by atoms with Crippen LogP contribution < -0.4 is 15.4 Å². The summed E-state index contributed by atoms with van der Waals surface area (Å²) in [7, 11) is 1.82. The second kappa shape index (κ2) is 10.4. The van der Waals surface area contributed by atoms with Crippen LogP contribution in [0.4, 0.5) is 18.9 Å². The molecule has 0 aliphatic rings. The fourth-order valence-corrected chi connectivity index (χ4v) is 2.79. The molecule has 0 radical (unpaired) electrons. The van der Waals surface area contributed by atoms with Crippen LogP contribution in [0.2, 0.25) is 0 Å². The van der Waals surface area contributed by atoms with E-state index >= 15 is 0 Å². The minimum atomic E-state index is -4.56. The van der Waals surface area contributed by atoms with Crippen LogP contribution in [0.1, 0.15) is 17.7 Å². The van der Waals surface area contributed by atoms with Gasteiger partial charge in [-0.3, -0.25) is 9.59 Å². The number of alkyl halides is 3. The normalized spacial score (nSPS) is 10.8. The molecule has 3 N–H and O–H groups in total. The van der Waals surface area contributed by atoms with E-state index < -0.39 is 17.8 Å². The molecule has 1 aromatic carbocycles. The van der Waals surface area contributed by atoms with Gasteiger partial charge in [0.05, 0.1) is 18.5 Å². The van der Waals surface area contributed by atoms with Crippen LogP contribution in [-0.4, -0.2) is 40.0 Å². The Kier molecular flexibility index (Phi) is 7.40. The molecule has 0 atom stereocenters. The Balaban J connectivity index is 1.82. The Morgan fingerprint density at radius 2 is 2.15 bits per heavy atom. The zero-order valence-electron chi connectivity index (χ0n) is 17.5. The maximum Gasteiger partial charge on any atom is 0.432 e. The number of imidazole rings is 1. The largest absolute Gasteiger partial charge is 0.491 e. The number of aryl methyl sites for hydroxylation is 1. The standard InChI is InChI=1S/C22H20F3N5O3/c1-30-9-7-15(13-30)3-6-20(32)28-17-11-16(21-27-12-19(29-21)22(23,24)25)4-5-18(17)33-10-2-8-26-14-31/h4-5,7,9,11-14H,2,8,10H2,1H3,(H,26,31)(H,27,29)(H,28,32). The molecular formula is C22H20F3N5O3. The molecule has 3 aromatic rings. The highest BCUT2D eigenvalue weighted by Crippen LogP contribution is 2.32. The fraction of sp³-hybridized carbons (Fsp3) is 0.227. The molecule has 0 aliphatic heterocycles. The molecule has 0 aliphatic carbocycles. The van der Waals surface area contributed by atoms with Crippen LogP contribution in [0.15, 0.2) is 42.9 Å². The van der Waals surface area contributed by atoms with Crippen molar-refractivity contribution in [3.8, 4) is 29.0 Å². The number of benzene rings is 1. The summed E-state index contributed by atoms with van der Waals surface area (Å²) in [6.07, 6.45) is 0.754. The van der Waals surface area contributed by atoms with E-state index in [2.05, 4.69) is 32.4 Å². The summed E-state index contributed by atoms with van der Waals surface area (Å²) in [6.45, 7) is 0.635. The van der Waals surface area contributed by atoms with Gasteiger partial charge in [0.25, 0.3) is 0 Å². The molecule has 2 amide bonds. The third-order valence-electron chi connectivity index (χ3n) is 4.34. The predicted octanol–water partition coefficient (Wildman–Crippen LogP) is 2.94. The SMILES string of the molecule is Cn1ccc(C#CC(=O)Nc2cc(-c3ncc(C(F)(F)F)[nH]3)ccc2OCCCNC=O)c1. The van der Waals surface area contributed by atoms with Crippen molar-refractivity contribution in [2.24, 2.45) is 7.05 Å². The van der Waals surface area contributed by atoms with Gasteiger partial charge in [-0.1, -0.05) is 5.92 Å². The third kappa shape index (κ3) is 6.64. The van der Waals surface area contributed by atoms with Gasteiger partial charge in [-0.15, -0.1) is 0 Å². The summed E-state index contributed by atoms with van der Waals surface area (Å²) in [5.41, 5.74) is 0.190. The van der Waals surface area contributed by atoms with Gasteiger partial charge in [-0.25, -0.2) is 4.98 Å². The minimum absolute atomic E-state index is 0.0186. The molecule has 33 heavy (non-hydrogen) atoms. The molecule has 2 aromatic heterocycles. The van der Waals surface area contributed by atoms with Crippen molar-refractivity contribution >= 4 is 18.0 Å². The second-order valence-corrected chi connectivity index (χ2v) is 6.90. The lowest BCUT2D eigenvalue weighted by Gasteiger charge is -2.13. The van der Waals surface area contributed by atoms with Gasteiger partial charge in [0.15, 0.2) is 0 Å². The first-order chi connectivity index (χ1) is 15.8. The Morgan fingerprint density at radius 3 is 2.82 bits per heavy atom. The number of nitrogens with one attached hydrogen (secondary N) is 3. The Bertz CT molecular complexity index is 1190. The monoisotopic (exact) mass is 459 g/mol. The lowest BCUT2D eigenvalue weighted by atomic mass is 10.1. The maximum absolute atomic E-state index is 12.9. The lowest BCUT2D eigenvalue weighted by molar-refractivity contribution is -0.140. The molecule has 0 unspecified atom stereocenters. The zero-order valence-corrected chi connectivity index (χ0v) is 17.5. The molecule has 0 fully saturated rings. The van der Waals surface area contributed by atoms with E-state index in [0.29, 0.717) is 42.4 Å². The molecule has 0 saturated carbocycles. The molecule has 0 saturated heterocycles. The Labute approximate surface area is 187 Å². The van der Waals surface area contributed by atoms with Crippen molar-refractivity contribution in [2.75, 3.05) is 18.5 Å². The molecule has 2 heterocycles. The van der Waals surface area contributed by atoms with Crippen molar-refractivity contribution in [1.82, 2.24) is 19.9 Å². The summed E-state index contributed by atoms with van der Waals surface area (Å²) in [6, 6.07) is 6.22. The van der Waals surface area contributed by atoms with E-state index in [-0.39, 0.29) is 18.1 Å². The van der Waals surface area contributed by atoms with E-state index in [1.165, 1.54) is 18.2 Å². The molecule has 11 heteroatoms. The zero-order chi connectivity index (χ0) is 23.8. The lowest BCUT2D eigenvalue weighted by Crippen LogP contribution is -2.15. The van der Waals surface area contributed by atoms with Gasteiger partial charge >= 0.3 is 12.1 Å². The fourth-order valence-electron chi connectivity index (χ4n) is 2.79. The van der Waals surface area contributed by atoms with Crippen molar-refractivity contribution < 1.29 is 27.5 Å².